The van der Waals surface area contributed by atoms with Crippen molar-refractivity contribution in [3.8, 4) is 0 Å². The van der Waals surface area contributed by atoms with E-state index in [0.29, 0.717) is 6.54 Å². The third-order valence-corrected chi connectivity index (χ3v) is 5.40. The van der Waals surface area contributed by atoms with Gasteiger partial charge in [0.1, 0.15) is 6.17 Å². The SMILES string of the molecule is CCOC1CC(N2C(=O)CNC2c2ccsc2)C1(C)C. The highest BCUT2D eigenvalue weighted by Crippen LogP contribution is 2.48. The first-order valence-electron chi connectivity index (χ1n) is 7.24. The molecule has 2 heterocycles. The van der Waals surface area contributed by atoms with Gasteiger partial charge >= 0.3 is 0 Å². The van der Waals surface area contributed by atoms with Crippen LogP contribution in [0.5, 0.6) is 0 Å². The summed E-state index contributed by atoms with van der Waals surface area (Å²) in [5.41, 5.74) is 1.21. The van der Waals surface area contributed by atoms with Gasteiger partial charge in [-0.2, -0.15) is 11.3 Å². The van der Waals surface area contributed by atoms with Crippen molar-refractivity contribution >= 4 is 17.2 Å². The monoisotopic (exact) mass is 294 g/mol. The Hall–Kier alpha value is -0.910. The van der Waals surface area contributed by atoms with Crippen molar-refractivity contribution in [3.63, 3.8) is 0 Å². The van der Waals surface area contributed by atoms with Crippen molar-refractivity contribution in [2.75, 3.05) is 13.2 Å². The minimum atomic E-state index is 0.0198. The smallest absolute Gasteiger partial charge is 0.238 e. The minimum Gasteiger partial charge on any atom is -0.378 e. The predicted octanol–water partition coefficient (Wildman–Crippen LogP) is 2.38. The summed E-state index contributed by atoms with van der Waals surface area (Å²) in [6.07, 6.45) is 1.23. The molecule has 1 N–H and O–H groups in total. The van der Waals surface area contributed by atoms with Crippen molar-refractivity contribution in [1.29, 1.82) is 0 Å². The van der Waals surface area contributed by atoms with E-state index >= 15 is 0 Å². The average Bonchev–Trinajstić information content (AvgIpc) is 3.04. The highest BCUT2D eigenvalue weighted by atomic mass is 32.1. The molecule has 5 heteroatoms. The van der Waals surface area contributed by atoms with Gasteiger partial charge < -0.3 is 9.64 Å². The molecule has 2 aliphatic rings. The molecule has 0 spiro atoms. The van der Waals surface area contributed by atoms with Gasteiger partial charge in [-0.3, -0.25) is 10.1 Å². The van der Waals surface area contributed by atoms with Gasteiger partial charge in [0, 0.05) is 18.1 Å². The fraction of sp³-hybridized carbons (Fsp3) is 0.667. The lowest BCUT2D eigenvalue weighted by molar-refractivity contribution is -0.167. The first-order chi connectivity index (χ1) is 9.55. The normalized spacial score (nSPS) is 32.5. The van der Waals surface area contributed by atoms with Crippen LogP contribution in [0, 0.1) is 5.41 Å². The molecule has 1 amide bonds. The molecule has 3 atom stereocenters. The van der Waals surface area contributed by atoms with Crippen molar-refractivity contribution in [2.45, 2.75) is 45.5 Å². The molecule has 1 aromatic rings. The lowest BCUT2D eigenvalue weighted by Gasteiger charge is -2.55. The number of rotatable bonds is 4. The van der Waals surface area contributed by atoms with E-state index in [-0.39, 0.29) is 29.6 Å². The molecule has 1 aromatic heterocycles. The number of carbonyl (C=O) groups excluding carboxylic acids is 1. The molecule has 110 valence electrons. The summed E-state index contributed by atoms with van der Waals surface area (Å²) in [7, 11) is 0. The van der Waals surface area contributed by atoms with E-state index in [1.54, 1.807) is 11.3 Å². The summed E-state index contributed by atoms with van der Waals surface area (Å²) < 4.78 is 5.79. The number of thiophene rings is 1. The maximum Gasteiger partial charge on any atom is 0.238 e. The molecule has 0 aromatic carbocycles. The highest BCUT2D eigenvalue weighted by Gasteiger charge is 2.55. The number of ether oxygens (including phenoxy) is 1. The summed E-state index contributed by atoms with van der Waals surface area (Å²) in [6.45, 7) is 7.61. The average molecular weight is 294 g/mol. The van der Waals surface area contributed by atoms with E-state index in [9.17, 15) is 4.79 Å². The van der Waals surface area contributed by atoms with Crippen molar-refractivity contribution < 1.29 is 9.53 Å². The second-order valence-electron chi connectivity index (χ2n) is 6.16. The Morgan fingerprint density at radius 3 is 2.95 bits per heavy atom. The van der Waals surface area contributed by atoms with E-state index in [4.69, 9.17) is 4.74 Å². The van der Waals surface area contributed by atoms with Crippen LogP contribution in [0.3, 0.4) is 0 Å². The Kier molecular flexibility index (Phi) is 3.60. The Labute approximate surface area is 124 Å². The summed E-state index contributed by atoms with van der Waals surface area (Å²) in [5.74, 6) is 0.203. The highest BCUT2D eigenvalue weighted by molar-refractivity contribution is 7.07. The van der Waals surface area contributed by atoms with Gasteiger partial charge in [0.05, 0.1) is 12.6 Å². The molecule has 0 radical (unpaired) electrons. The van der Waals surface area contributed by atoms with Crippen LogP contribution in [0.25, 0.3) is 0 Å². The van der Waals surface area contributed by atoms with E-state index in [1.807, 2.05) is 11.8 Å². The number of carbonyl (C=O) groups is 1. The van der Waals surface area contributed by atoms with Crippen LogP contribution in [0.15, 0.2) is 16.8 Å². The summed E-state index contributed by atoms with van der Waals surface area (Å²) >= 11 is 1.67. The molecule has 3 rings (SSSR count). The summed E-state index contributed by atoms with van der Waals surface area (Å²) in [5, 5.41) is 7.52. The predicted molar refractivity (Wildman–Crippen MR) is 79.5 cm³/mol. The minimum absolute atomic E-state index is 0.0198. The Balaban J connectivity index is 1.80. The standard InChI is InChI=1S/C15H22N2O2S/c1-4-19-12-7-11(15(12,2)3)17-13(18)8-16-14(17)10-5-6-20-9-10/h5-6,9,11-12,14,16H,4,7-8H2,1-3H3. The Morgan fingerprint density at radius 1 is 1.55 bits per heavy atom. The molecule has 2 fully saturated rings. The molecule has 20 heavy (non-hydrogen) atoms. The number of nitrogens with zero attached hydrogens (tertiary/aromatic N) is 1. The van der Waals surface area contributed by atoms with Crippen molar-refractivity contribution in [1.82, 2.24) is 10.2 Å². The Morgan fingerprint density at radius 2 is 2.35 bits per heavy atom. The van der Waals surface area contributed by atoms with Gasteiger partial charge in [0.2, 0.25) is 5.91 Å². The topological polar surface area (TPSA) is 41.6 Å². The molecule has 1 saturated carbocycles. The zero-order chi connectivity index (χ0) is 14.3. The van der Waals surface area contributed by atoms with Gasteiger partial charge in [-0.05, 0) is 35.7 Å². The van der Waals surface area contributed by atoms with E-state index < -0.39 is 0 Å². The maximum absolute atomic E-state index is 12.3. The maximum atomic E-state index is 12.3. The van der Waals surface area contributed by atoms with Gasteiger partial charge in [-0.15, -0.1) is 0 Å². The number of amides is 1. The third-order valence-electron chi connectivity index (χ3n) is 4.70. The van der Waals surface area contributed by atoms with Crippen LogP contribution < -0.4 is 5.32 Å². The van der Waals surface area contributed by atoms with E-state index in [0.717, 1.165) is 13.0 Å². The summed E-state index contributed by atoms with van der Waals surface area (Å²) in [4.78, 5) is 14.3. The van der Waals surface area contributed by atoms with Crippen molar-refractivity contribution in [3.05, 3.63) is 22.4 Å². The third kappa shape index (κ3) is 2.08. The number of hydrogen-bond acceptors (Lipinski definition) is 4. The molecule has 0 bridgehead atoms. The fourth-order valence-electron chi connectivity index (χ4n) is 3.40. The van der Waals surface area contributed by atoms with Crippen LogP contribution in [-0.2, 0) is 9.53 Å². The van der Waals surface area contributed by atoms with Gasteiger partial charge in [-0.25, -0.2) is 0 Å². The lowest BCUT2D eigenvalue weighted by atomic mass is 9.63. The van der Waals surface area contributed by atoms with Crippen LogP contribution >= 0.6 is 11.3 Å². The largest absolute Gasteiger partial charge is 0.378 e. The fourth-order valence-corrected chi connectivity index (χ4v) is 4.08. The quantitative estimate of drug-likeness (QED) is 0.927. The van der Waals surface area contributed by atoms with Crippen LogP contribution in [-0.4, -0.2) is 36.1 Å². The first kappa shape index (κ1) is 14.0. The Bertz CT molecular complexity index is 486. The molecule has 1 saturated heterocycles. The zero-order valence-corrected chi connectivity index (χ0v) is 13.1. The van der Waals surface area contributed by atoms with Gasteiger partial charge in [0.25, 0.3) is 0 Å². The van der Waals surface area contributed by atoms with Gasteiger partial charge in [0.15, 0.2) is 0 Å². The summed E-state index contributed by atoms with van der Waals surface area (Å²) in [6, 6.07) is 2.35. The molecule has 3 unspecified atom stereocenters. The zero-order valence-electron chi connectivity index (χ0n) is 12.3. The second kappa shape index (κ2) is 5.13. The molecule has 1 aliphatic heterocycles. The van der Waals surface area contributed by atoms with Crippen LogP contribution in [0.2, 0.25) is 0 Å². The molecule has 1 aliphatic carbocycles. The molecule has 4 nitrogen and oxygen atoms in total. The van der Waals surface area contributed by atoms with Gasteiger partial charge in [-0.1, -0.05) is 13.8 Å². The van der Waals surface area contributed by atoms with E-state index in [1.165, 1.54) is 5.56 Å². The molecular weight excluding hydrogens is 272 g/mol. The lowest BCUT2D eigenvalue weighted by Crippen LogP contribution is -2.63. The van der Waals surface area contributed by atoms with Crippen LogP contribution in [0.4, 0.5) is 0 Å². The van der Waals surface area contributed by atoms with Crippen molar-refractivity contribution in [2.24, 2.45) is 5.41 Å². The second-order valence-corrected chi connectivity index (χ2v) is 6.94. The first-order valence-corrected chi connectivity index (χ1v) is 8.18. The van der Waals surface area contributed by atoms with Crippen LogP contribution in [0.1, 0.15) is 38.9 Å². The number of nitrogens with one attached hydrogen (secondary N) is 1. The molecular formula is C15H22N2O2S. The van der Waals surface area contributed by atoms with E-state index in [2.05, 4.69) is 36.0 Å². The number of hydrogen-bond donors (Lipinski definition) is 1.